The third-order valence-electron chi connectivity index (χ3n) is 6.10. The quantitative estimate of drug-likeness (QED) is 0.813. The van der Waals surface area contributed by atoms with Gasteiger partial charge in [-0.1, -0.05) is 0 Å². The number of ether oxygens (including phenoxy) is 3. The molecule has 2 aliphatic rings. The molecule has 0 radical (unpaired) electrons. The zero-order chi connectivity index (χ0) is 21.3. The number of benzene rings is 2. The minimum absolute atomic E-state index is 0.0594. The monoisotopic (exact) mass is 415 g/mol. The number of nitrogens with zero attached hydrogens (tertiary/aromatic N) is 1. The van der Waals surface area contributed by atoms with Gasteiger partial charge in [-0.2, -0.15) is 0 Å². The van der Waals surface area contributed by atoms with E-state index in [2.05, 4.69) is 0 Å². The fourth-order valence-corrected chi connectivity index (χ4v) is 4.52. The van der Waals surface area contributed by atoms with Gasteiger partial charge in [-0.3, -0.25) is 4.79 Å². The van der Waals surface area contributed by atoms with E-state index in [0.29, 0.717) is 48.7 Å². The van der Waals surface area contributed by atoms with Crippen molar-refractivity contribution in [2.24, 2.45) is 11.8 Å². The van der Waals surface area contributed by atoms with Crippen LogP contribution in [-0.4, -0.2) is 55.4 Å². The largest absolute Gasteiger partial charge is 0.493 e. The second kappa shape index (κ2) is 8.52. The zero-order valence-electron chi connectivity index (χ0n) is 17.1. The molecule has 1 aliphatic heterocycles. The first-order chi connectivity index (χ1) is 14.5. The first-order valence-electron chi connectivity index (χ1n) is 10.1. The summed E-state index contributed by atoms with van der Waals surface area (Å²) in [5, 5.41) is 10.6. The summed E-state index contributed by atoms with van der Waals surface area (Å²) in [4.78, 5) is 14.9. The van der Waals surface area contributed by atoms with Crippen molar-refractivity contribution in [3.05, 3.63) is 53.8 Å². The molecule has 1 N–H and O–H groups in total. The molecule has 160 valence electrons. The number of fused-ring (bicyclic) bond motifs is 1. The molecule has 0 unspecified atom stereocenters. The predicted octanol–water partition coefficient (Wildman–Crippen LogP) is 3.13. The van der Waals surface area contributed by atoms with Gasteiger partial charge in [0.25, 0.3) is 5.91 Å². The Morgan fingerprint density at radius 3 is 2.33 bits per heavy atom. The molecule has 0 spiro atoms. The van der Waals surface area contributed by atoms with Crippen LogP contribution in [0.3, 0.4) is 0 Å². The van der Waals surface area contributed by atoms with E-state index in [1.807, 2.05) is 4.90 Å². The van der Waals surface area contributed by atoms with Crippen LogP contribution in [-0.2, 0) is 0 Å². The van der Waals surface area contributed by atoms with E-state index in [1.165, 1.54) is 12.1 Å². The van der Waals surface area contributed by atoms with Crippen molar-refractivity contribution in [3.8, 4) is 17.2 Å². The Morgan fingerprint density at radius 2 is 1.67 bits per heavy atom. The van der Waals surface area contributed by atoms with Crippen LogP contribution in [0.1, 0.15) is 23.2 Å². The third-order valence-corrected chi connectivity index (χ3v) is 6.10. The van der Waals surface area contributed by atoms with E-state index in [-0.39, 0.29) is 29.7 Å². The predicted molar refractivity (Wildman–Crippen MR) is 108 cm³/mol. The highest BCUT2D eigenvalue weighted by molar-refractivity contribution is 5.95. The Morgan fingerprint density at radius 1 is 1.00 bits per heavy atom. The highest BCUT2D eigenvalue weighted by Crippen LogP contribution is 2.39. The van der Waals surface area contributed by atoms with Gasteiger partial charge in [0, 0.05) is 18.7 Å². The standard InChI is InChI=1S/C23H26FNO5/c1-28-20-8-3-14(10-22(20)29-2)23(27)25-12-15-9-19(26)21(11-16(15)13-25)30-18-6-4-17(24)5-7-18/h3-8,10,15-16,19,21,26H,9,11-13H2,1-2H3/t15-,16+,19+,21+/m0/s1. The molecule has 4 rings (SSSR count). The molecule has 1 saturated carbocycles. The SMILES string of the molecule is COc1ccc(C(=O)N2C[C@H]3C[C@@H](Oc4ccc(F)cc4)[C@H](O)C[C@H]3C2)cc1OC. The van der Waals surface area contributed by atoms with E-state index in [1.54, 1.807) is 44.6 Å². The lowest BCUT2D eigenvalue weighted by Gasteiger charge is -2.35. The fourth-order valence-electron chi connectivity index (χ4n) is 4.52. The lowest BCUT2D eigenvalue weighted by atomic mass is 9.78. The number of halogens is 1. The first-order valence-corrected chi connectivity index (χ1v) is 10.1. The lowest BCUT2D eigenvalue weighted by Crippen LogP contribution is -2.42. The number of hydrogen-bond acceptors (Lipinski definition) is 5. The van der Waals surface area contributed by atoms with Gasteiger partial charge in [-0.15, -0.1) is 0 Å². The average molecular weight is 415 g/mol. The minimum Gasteiger partial charge on any atom is -0.493 e. The van der Waals surface area contributed by atoms with E-state index in [4.69, 9.17) is 14.2 Å². The molecular weight excluding hydrogens is 389 g/mol. The molecule has 0 aromatic heterocycles. The fraction of sp³-hybridized carbons (Fsp3) is 0.435. The Labute approximate surface area is 175 Å². The molecule has 1 saturated heterocycles. The minimum atomic E-state index is -0.618. The second-order valence-corrected chi connectivity index (χ2v) is 7.95. The van der Waals surface area contributed by atoms with Gasteiger partial charge in [-0.25, -0.2) is 4.39 Å². The van der Waals surface area contributed by atoms with Gasteiger partial charge >= 0.3 is 0 Å². The molecule has 7 heteroatoms. The molecule has 6 nitrogen and oxygen atoms in total. The van der Waals surface area contributed by atoms with Crippen LogP contribution in [0.2, 0.25) is 0 Å². The van der Waals surface area contributed by atoms with Crippen molar-refractivity contribution in [2.45, 2.75) is 25.0 Å². The number of aliphatic hydroxyl groups is 1. The highest BCUT2D eigenvalue weighted by Gasteiger charge is 2.44. The smallest absolute Gasteiger partial charge is 0.254 e. The van der Waals surface area contributed by atoms with E-state index < -0.39 is 6.10 Å². The van der Waals surface area contributed by atoms with Gasteiger partial charge in [0.1, 0.15) is 17.7 Å². The van der Waals surface area contributed by atoms with Crippen LogP contribution in [0.15, 0.2) is 42.5 Å². The number of carbonyl (C=O) groups excluding carboxylic acids is 1. The number of rotatable bonds is 5. The summed E-state index contributed by atoms with van der Waals surface area (Å²) in [7, 11) is 3.10. The summed E-state index contributed by atoms with van der Waals surface area (Å²) in [5.41, 5.74) is 0.547. The van der Waals surface area contributed by atoms with Crippen molar-refractivity contribution >= 4 is 5.91 Å². The van der Waals surface area contributed by atoms with Crippen molar-refractivity contribution in [1.82, 2.24) is 4.90 Å². The van der Waals surface area contributed by atoms with Crippen molar-refractivity contribution in [1.29, 1.82) is 0 Å². The van der Waals surface area contributed by atoms with Gasteiger partial charge in [-0.05, 0) is 67.1 Å². The topological polar surface area (TPSA) is 68.2 Å². The normalized spacial score (nSPS) is 25.5. The Balaban J connectivity index is 1.43. The van der Waals surface area contributed by atoms with Gasteiger partial charge in [0.15, 0.2) is 11.5 Å². The second-order valence-electron chi connectivity index (χ2n) is 7.95. The van der Waals surface area contributed by atoms with Crippen LogP contribution in [0.5, 0.6) is 17.2 Å². The van der Waals surface area contributed by atoms with Crippen molar-refractivity contribution < 1.29 is 28.5 Å². The number of aliphatic hydroxyl groups excluding tert-OH is 1. The van der Waals surface area contributed by atoms with Crippen LogP contribution < -0.4 is 14.2 Å². The summed E-state index contributed by atoms with van der Waals surface area (Å²) in [6, 6.07) is 11.0. The van der Waals surface area contributed by atoms with E-state index in [9.17, 15) is 14.3 Å². The number of likely N-dealkylation sites (tertiary alicyclic amines) is 1. The summed E-state index contributed by atoms with van der Waals surface area (Å²) < 4.78 is 29.6. The summed E-state index contributed by atoms with van der Waals surface area (Å²) >= 11 is 0. The number of methoxy groups -OCH3 is 2. The molecule has 1 aliphatic carbocycles. The van der Waals surface area contributed by atoms with Crippen LogP contribution >= 0.6 is 0 Å². The Kier molecular flexibility index (Phi) is 5.81. The summed E-state index contributed by atoms with van der Waals surface area (Å²) in [6.07, 6.45) is 0.241. The van der Waals surface area contributed by atoms with Crippen molar-refractivity contribution in [2.75, 3.05) is 27.3 Å². The molecule has 2 aromatic carbocycles. The first kappa shape index (κ1) is 20.5. The van der Waals surface area contributed by atoms with Crippen LogP contribution in [0.4, 0.5) is 4.39 Å². The maximum absolute atomic E-state index is 13.1. The Bertz CT molecular complexity index is 903. The van der Waals surface area contributed by atoms with Gasteiger partial charge in [0.2, 0.25) is 0 Å². The highest BCUT2D eigenvalue weighted by atomic mass is 19.1. The molecule has 4 atom stereocenters. The maximum atomic E-state index is 13.1. The average Bonchev–Trinajstić information content (AvgIpc) is 3.17. The molecule has 1 amide bonds. The van der Waals surface area contributed by atoms with Crippen LogP contribution in [0, 0.1) is 17.7 Å². The summed E-state index contributed by atoms with van der Waals surface area (Å²) in [5.74, 6) is 1.73. The Hall–Kier alpha value is -2.80. The van der Waals surface area contributed by atoms with E-state index in [0.717, 1.165) is 0 Å². The van der Waals surface area contributed by atoms with Gasteiger partial charge < -0.3 is 24.2 Å². The molecular formula is C23H26FNO5. The molecule has 1 heterocycles. The lowest BCUT2D eigenvalue weighted by molar-refractivity contribution is -0.0231. The third kappa shape index (κ3) is 4.07. The number of hydrogen-bond donors (Lipinski definition) is 1. The van der Waals surface area contributed by atoms with Gasteiger partial charge in [0.05, 0.1) is 20.3 Å². The van der Waals surface area contributed by atoms with Crippen molar-refractivity contribution in [3.63, 3.8) is 0 Å². The maximum Gasteiger partial charge on any atom is 0.254 e. The summed E-state index contributed by atoms with van der Waals surface area (Å²) in [6.45, 7) is 1.23. The molecule has 0 bridgehead atoms. The molecule has 2 aromatic rings. The van der Waals surface area contributed by atoms with E-state index >= 15 is 0 Å². The number of carbonyl (C=O) groups is 1. The molecule has 2 fully saturated rings. The molecule has 30 heavy (non-hydrogen) atoms. The number of amides is 1. The zero-order valence-corrected chi connectivity index (χ0v) is 17.1. The van der Waals surface area contributed by atoms with Crippen LogP contribution in [0.25, 0.3) is 0 Å².